The number of furan rings is 1. The third kappa shape index (κ3) is 3.28. The number of aromatic nitrogens is 5. The molecule has 1 N–H and O–H groups in total. The van der Waals surface area contributed by atoms with E-state index in [2.05, 4.69) is 25.8 Å². The SMILES string of the molecule is O=C(Nc1nccs1)/C(=C/c1ccco1)n1nnnc1-c1ccccc1. The Morgan fingerprint density at radius 2 is 2.08 bits per heavy atom. The van der Waals surface area contributed by atoms with Gasteiger partial charge in [0, 0.05) is 23.2 Å². The van der Waals surface area contributed by atoms with E-state index in [-0.39, 0.29) is 5.70 Å². The molecule has 26 heavy (non-hydrogen) atoms. The third-order valence-electron chi connectivity index (χ3n) is 3.44. The molecule has 0 aliphatic carbocycles. The molecule has 0 atom stereocenters. The predicted octanol–water partition coefficient (Wildman–Crippen LogP) is 3.03. The van der Waals surface area contributed by atoms with E-state index in [1.807, 2.05) is 30.3 Å². The van der Waals surface area contributed by atoms with Crippen LogP contribution in [0, 0.1) is 0 Å². The van der Waals surface area contributed by atoms with Crippen LogP contribution in [0.15, 0.2) is 64.7 Å². The van der Waals surface area contributed by atoms with Gasteiger partial charge >= 0.3 is 0 Å². The zero-order valence-electron chi connectivity index (χ0n) is 13.3. The van der Waals surface area contributed by atoms with Crippen molar-refractivity contribution in [3.8, 4) is 11.4 Å². The Labute approximate surface area is 151 Å². The first-order valence-electron chi connectivity index (χ1n) is 7.61. The molecule has 4 aromatic rings. The first-order chi connectivity index (χ1) is 12.8. The molecule has 3 aromatic heterocycles. The second kappa shape index (κ2) is 7.11. The summed E-state index contributed by atoms with van der Waals surface area (Å²) in [6.45, 7) is 0. The van der Waals surface area contributed by atoms with E-state index in [1.165, 1.54) is 22.3 Å². The highest BCUT2D eigenvalue weighted by molar-refractivity contribution is 7.13. The van der Waals surface area contributed by atoms with Crippen molar-refractivity contribution in [1.82, 2.24) is 25.2 Å². The maximum absolute atomic E-state index is 12.8. The molecular weight excluding hydrogens is 352 g/mol. The van der Waals surface area contributed by atoms with Crippen molar-refractivity contribution in [2.75, 3.05) is 5.32 Å². The number of hydrogen-bond donors (Lipinski definition) is 1. The molecule has 0 bridgehead atoms. The number of nitrogens with zero attached hydrogens (tertiary/aromatic N) is 5. The first kappa shape index (κ1) is 15.9. The normalized spacial score (nSPS) is 11.5. The van der Waals surface area contributed by atoms with Gasteiger partial charge in [0.1, 0.15) is 11.5 Å². The van der Waals surface area contributed by atoms with Gasteiger partial charge in [-0.2, -0.15) is 4.68 Å². The number of tetrazole rings is 1. The number of hydrogen-bond acceptors (Lipinski definition) is 7. The molecule has 0 saturated carbocycles. The van der Waals surface area contributed by atoms with Crippen molar-refractivity contribution in [3.05, 3.63) is 66.1 Å². The average Bonchev–Trinajstić information content (AvgIpc) is 3.42. The molecule has 0 aliphatic heterocycles. The number of carbonyl (C=O) groups is 1. The summed E-state index contributed by atoms with van der Waals surface area (Å²) in [7, 11) is 0. The molecule has 0 radical (unpaired) electrons. The zero-order valence-corrected chi connectivity index (χ0v) is 14.1. The number of nitrogens with one attached hydrogen (secondary N) is 1. The Bertz CT molecular complexity index is 1020. The fourth-order valence-corrected chi connectivity index (χ4v) is 2.82. The molecular formula is C17H12N6O2S. The molecule has 128 valence electrons. The molecule has 0 saturated heterocycles. The molecule has 0 unspecified atom stereocenters. The fourth-order valence-electron chi connectivity index (χ4n) is 2.29. The van der Waals surface area contributed by atoms with E-state index >= 15 is 0 Å². The molecule has 0 fully saturated rings. The van der Waals surface area contributed by atoms with Crippen molar-refractivity contribution < 1.29 is 9.21 Å². The zero-order chi connectivity index (χ0) is 17.8. The Balaban J connectivity index is 1.77. The topological polar surface area (TPSA) is 98.7 Å². The Morgan fingerprint density at radius 1 is 1.19 bits per heavy atom. The lowest BCUT2D eigenvalue weighted by Gasteiger charge is -2.08. The van der Waals surface area contributed by atoms with Crippen molar-refractivity contribution in [3.63, 3.8) is 0 Å². The maximum Gasteiger partial charge on any atom is 0.276 e. The fraction of sp³-hybridized carbons (Fsp3) is 0. The van der Waals surface area contributed by atoms with Gasteiger partial charge in [-0.25, -0.2) is 4.98 Å². The summed E-state index contributed by atoms with van der Waals surface area (Å²) < 4.78 is 6.72. The summed E-state index contributed by atoms with van der Waals surface area (Å²) in [5.41, 5.74) is 0.990. The lowest BCUT2D eigenvalue weighted by molar-refractivity contribution is -0.111. The largest absolute Gasteiger partial charge is 0.465 e. The van der Waals surface area contributed by atoms with E-state index in [0.717, 1.165) is 5.56 Å². The second-order valence-corrected chi connectivity index (χ2v) is 6.01. The lowest BCUT2D eigenvalue weighted by atomic mass is 10.2. The van der Waals surface area contributed by atoms with E-state index in [1.54, 1.807) is 29.8 Å². The summed E-state index contributed by atoms with van der Waals surface area (Å²) in [6, 6.07) is 12.9. The predicted molar refractivity (Wildman–Crippen MR) is 96.9 cm³/mol. The van der Waals surface area contributed by atoms with Crippen LogP contribution >= 0.6 is 11.3 Å². The Kier molecular flexibility index (Phi) is 4.35. The van der Waals surface area contributed by atoms with Crippen molar-refractivity contribution in [2.24, 2.45) is 0 Å². The van der Waals surface area contributed by atoms with Gasteiger partial charge in [0.25, 0.3) is 5.91 Å². The number of anilines is 1. The van der Waals surface area contributed by atoms with E-state index in [0.29, 0.717) is 16.7 Å². The minimum atomic E-state index is -0.402. The van der Waals surface area contributed by atoms with Gasteiger partial charge in [-0.3, -0.25) is 10.1 Å². The molecule has 3 heterocycles. The molecule has 0 aliphatic rings. The monoisotopic (exact) mass is 364 g/mol. The minimum absolute atomic E-state index is 0.207. The Hall–Kier alpha value is -3.59. The molecule has 4 rings (SSSR count). The summed E-state index contributed by atoms with van der Waals surface area (Å²) >= 11 is 1.32. The van der Waals surface area contributed by atoms with Crippen LogP contribution in [-0.2, 0) is 4.79 Å². The van der Waals surface area contributed by atoms with Crippen LogP contribution in [0.3, 0.4) is 0 Å². The van der Waals surface area contributed by atoms with Gasteiger partial charge in [-0.1, -0.05) is 30.3 Å². The summed E-state index contributed by atoms with van der Waals surface area (Å²) in [6.07, 6.45) is 4.72. The maximum atomic E-state index is 12.8. The quantitative estimate of drug-likeness (QED) is 0.547. The van der Waals surface area contributed by atoms with Gasteiger partial charge in [0.05, 0.1) is 6.26 Å². The van der Waals surface area contributed by atoms with E-state index < -0.39 is 5.91 Å². The highest BCUT2D eigenvalue weighted by Crippen LogP contribution is 2.22. The molecule has 0 spiro atoms. The first-order valence-corrected chi connectivity index (χ1v) is 8.49. The van der Waals surface area contributed by atoms with Gasteiger partial charge in [-0.15, -0.1) is 16.4 Å². The van der Waals surface area contributed by atoms with Gasteiger partial charge in [-0.05, 0) is 22.6 Å². The van der Waals surface area contributed by atoms with Crippen LogP contribution in [0.25, 0.3) is 23.2 Å². The minimum Gasteiger partial charge on any atom is -0.465 e. The molecule has 8 nitrogen and oxygen atoms in total. The standard InChI is InChI=1S/C17H12N6O2S/c24-16(19-17-18-8-10-26-17)14(11-13-7-4-9-25-13)23-15(20-21-22-23)12-5-2-1-3-6-12/h1-11H,(H,18,19,24)/b14-11-. The lowest BCUT2D eigenvalue weighted by Crippen LogP contribution is -2.19. The van der Waals surface area contributed by atoms with Crippen molar-refractivity contribution in [1.29, 1.82) is 0 Å². The van der Waals surface area contributed by atoms with Gasteiger partial charge in [0.2, 0.25) is 0 Å². The van der Waals surface area contributed by atoms with Crippen LogP contribution in [0.2, 0.25) is 0 Å². The summed E-state index contributed by atoms with van der Waals surface area (Å²) in [4.78, 5) is 16.9. The third-order valence-corrected chi connectivity index (χ3v) is 4.13. The van der Waals surface area contributed by atoms with Crippen molar-refractivity contribution >= 4 is 34.1 Å². The Morgan fingerprint density at radius 3 is 2.81 bits per heavy atom. The number of amides is 1. The van der Waals surface area contributed by atoms with Gasteiger partial charge in [0.15, 0.2) is 11.0 Å². The second-order valence-electron chi connectivity index (χ2n) is 5.12. The van der Waals surface area contributed by atoms with Crippen molar-refractivity contribution in [2.45, 2.75) is 0 Å². The summed E-state index contributed by atoms with van der Waals surface area (Å²) in [5, 5.41) is 16.8. The number of thiazole rings is 1. The molecule has 1 amide bonds. The van der Waals surface area contributed by atoms with Gasteiger partial charge < -0.3 is 4.42 Å². The van der Waals surface area contributed by atoms with Crippen LogP contribution in [0.4, 0.5) is 5.13 Å². The number of rotatable bonds is 5. The highest BCUT2D eigenvalue weighted by Gasteiger charge is 2.20. The van der Waals surface area contributed by atoms with Crippen LogP contribution in [-0.4, -0.2) is 31.1 Å². The highest BCUT2D eigenvalue weighted by atomic mass is 32.1. The van der Waals surface area contributed by atoms with E-state index in [4.69, 9.17) is 4.42 Å². The van der Waals surface area contributed by atoms with Crippen LogP contribution < -0.4 is 5.32 Å². The smallest absolute Gasteiger partial charge is 0.276 e. The van der Waals surface area contributed by atoms with E-state index in [9.17, 15) is 4.79 Å². The molecule has 9 heteroatoms. The molecule has 1 aromatic carbocycles. The van der Waals surface area contributed by atoms with Crippen LogP contribution in [0.5, 0.6) is 0 Å². The van der Waals surface area contributed by atoms with Crippen LogP contribution in [0.1, 0.15) is 5.76 Å². The number of carbonyl (C=O) groups excluding carboxylic acids is 1. The summed E-state index contributed by atoms with van der Waals surface area (Å²) in [5.74, 6) is 0.544. The average molecular weight is 364 g/mol. The number of benzene rings is 1.